The molecule has 3 aliphatic rings. The van der Waals surface area contributed by atoms with Crippen molar-refractivity contribution in [1.82, 2.24) is 24.6 Å². The predicted molar refractivity (Wildman–Crippen MR) is 203 cm³/mol. The molecule has 1 saturated heterocycles. The number of anilines is 2. The molecule has 5 aromatic rings. The van der Waals surface area contributed by atoms with Gasteiger partial charge in [-0.1, -0.05) is 35.9 Å². The summed E-state index contributed by atoms with van der Waals surface area (Å²) in [5.41, 5.74) is 6.46. The first-order valence-electron chi connectivity index (χ1n) is 17.6. The number of carbonyl (C=O) groups is 2. The molecule has 5 heterocycles. The van der Waals surface area contributed by atoms with Crippen LogP contribution in [-0.2, 0) is 30.7 Å². The maximum Gasteiger partial charge on any atom is 0.265 e. The first-order chi connectivity index (χ1) is 24.9. The van der Waals surface area contributed by atoms with Crippen molar-refractivity contribution in [1.29, 1.82) is 0 Å². The Morgan fingerprint density at radius 1 is 0.904 bits per heavy atom. The number of amides is 2. The lowest BCUT2D eigenvalue weighted by Gasteiger charge is -2.40. The van der Waals surface area contributed by atoms with E-state index in [2.05, 4.69) is 37.9 Å². The van der Waals surface area contributed by atoms with Gasteiger partial charge in [0.25, 0.3) is 11.8 Å². The van der Waals surface area contributed by atoms with Gasteiger partial charge in [-0.05, 0) is 97.5 Å². The fourth-order valence-corrected chi connectivity index (χ4v) is 7.88. The molecule has 0 saturated carbocycles. The number of carbonyl (C=O) groups excluding carboxylic acids is 2. The number of hydrogen-bond donors (Lipinski definition) is 1. The SMILES string of the molecule is Cl.O=C(c1cc(-c2cc(Cl)ccc2C(=O)N2Cc3ccccc3C[C@H]2CN2CCOCC2)n2c1CCCC2)N(c1ccc(O)cc1)c1cccnn1. The molecule has 52 heavy (non-hydrogen) atoms. The van der Waals surface area contributed by atoms with Crippen molar-refractivity contribution in [3.8, 4) is 17.0 Å². The lowest BCUT2D eigenvalue weighted by Crippen LogP contribution is -2.52. The first kappa shape index (κ1) is 35.7. The van der Waals surface area contributed by atoms with E-state index in [1.807, 2.05) is 29.2 Å². The van der Waals surface area contributed by atoms with Gasteiger partial charge in [-0.3, -0.25) is 19.4 Å². The molecule has 1 atom stereocenters. The number of fused-ring (bicyclic) bond motifs is 2. The molecule has 12 heteroatoms. The molecule has 2 amide bonds. The van der Waals surface area contributed by atoms with Crippen LogP contribution >= 0.6 is 24.0 Å². The number of aromatic hydroxyl groups is 1. The van der Waals surface area contributed by atoms with Crippen LogP contribution < -0.4 is 4.90 Å². The second-order valence-corrected chi connectivity index (χ2v) is 13.8. The van der Waals surface area contributed by atoms with Crippen LogP contribution in [0.5, 0.6) is 5.75 Å². The standard InChI is InChI=1S/C40H39ClN6O4.ClH/c41-29-10-15-33(39(49)46-25-28-7-2-1-6-27(28)22-31(46)26-44-18-20-51-21-19-44)34(23-29)37-24-35(36-8-3-4-17-45(36)37)40(50)47(38-9-5-16-42-43-38)30-11-13-32(48)14-12-30;/h1-2,5-7,9-16,23-24,31,48H,3-4,8,17-22,25-26H2;1H/t31-;/m0./s1. The zero-order chi connectivity index (χ0) is 34.9. The molecule has 10 nitrogen and oxygen atoms in total. The molecule has 8 rings (SSSR count). The average molecular weight is 740 g/mol. The summed E-state index contributed by atoms with van der Waals surface area (Å²) in [4.78, 5) is 35.5. The molecule has 0 unspecified atom stereocenters. The first-order valence-corrected chi connectivity index (χ1v) is 17.9. The van der Waals surface area contributed by atoms with Crippen molar-refractivity contribution < 1.29 is 19.4 Å². The Morgan fingerprint density at radius 3 is 2.46 bits per heavy atom. The molecular weight excluding hydrogens is 699 g/mol. The topological polar surface area (TPSA) is 104 Å². The second kappa shape index (κ2) is 15.5. The number of rotatable bonds is 7. The van der Waals surface area contributed by atoms with Crippen LogP contribution in [0.25, 0.3) is 11.3 Å². The van der Waals surface area contributed by atoms with E-state index in [0.717, 1.165) is 55.8 Å². The van der Waals surface area contributed by atoms with Crippen LogP contribution in [0, 0.1) is 0 Å². The van der Waals surface area contributed by atoms with Crippen molar-refractivity contribution in [2.75, 3.05) is 37.7 Å². The van der Waals surface area contributed by atoms with Gasteiger partial charge in [0.1, 0.15) is 5.75 Å². The highest BCUT2D eigenvalue weighted by atomic mass is 35.5. The minimum Gasteiger partial charge on any atom is -0.508 e. The summed E-state index contributed by atoms with van der Waals surface area (Å²) in [6.45, 7) is 5.06. The lowest BCUT2D eigenvalue weighted by molar-refractivity contribution is 0.0193. The zero-order valence-corrected chi connectivity index (χ0v) is 30.2. The number of morpholine rings is 1. The minimum atomic E-state index is -0.272. The van der Waals surface area contributed by atoms with Gasteiger partial charge >= 0.3 is 0 Å². The van der Waals surface area contributed by atoms with Crippen molar-refractivity contribution in [2.45, 2.75) is 44.8 Å². The van der Waals surface area contributed by atoms with Gasteiger partial charge in [0.15, 0.2) is 5.82 Å². The van der Waals surface area contributed by atoms with Gasteiger partial charge in [0.2, 0.25) is 0 Å². The summed E-state index contributed by atoms with van der Waals surface area (Å²) in [5, 5.41) is 18.8. The third kappa shape index (κ3) is 7.04. The normalized spacial score (nSPS) is 17.1. The van der Waals surface area contributed by atoms with E-state index in [1.165, 1.54) is 10.5 Å². The van der Waals surface area contributed by atoms with E-state index >= 15 is 0 Å². The maximum absolute atomic E-state index is 14.9. The number of aromatic nitrogens is 3. The smallest absolute Gasteiger partial charge is 0.265 e. The monoisotopic (exact) mass is 738 g/mol. The third-order valence-electron chi connectivity index (χ3n) is 10.3. The fourth-order valence-electron chi connectivity index (χ4n) is 7.71. The summed E-state index contributed by atoms with van der Waals surface area (Å²) >= 11 is 6.69. The minimum absolute atomic E-state index is 0. The summed E-state index contributed by atoms with van der Waals surface area (Å²) in [6, 6.07) is 25.7. The highest BCUT2D eigenvalue weighted by molar-refractivity contribution is 6.31. The number of hydrogen-bond acceptors (Lipinski definition) is 7. The van der Waals surface area contributed by atoms with E-state index in [9.17, 15) is 14.7 Å². The molecule has 0 radical (unpaired) electrons. The summed E-state index contributed by atoms with van der Waals surface area (Å²) in [5.74, 6) is 0.127. The van der Waals surface area contributed by atoms with Crippen LogP contribution in [0.3, 0.4) is 0 Å². The number of phenolic OH excluding ortho intramolecular Hbond substituents is 1. The van der Waals surface area contributed by atoms with Crippen molar-refractivity contribution in [2.24, 2.45) is 0 Å². The number of ether oxygens (including phenoxy) is 1. The van der Waals surface area contributed by atoms with Gasteiger partial charge in [0.05, 0.1) is 24.5 Å². The van der Waals surface area contributed by atoms with Crippen LogP contribution in [0.4, 0.5) is 11.5 Å². The molecule has 0 spiro atoms. The molecular formula is C40H40Cl2N6O4. The van der Waals surface area contributed by atoms with Crippen molar-refractivity contribution in [3.05, 3.63) is 124 Å². The zero-order valence-electron chi connectivity index (χ0n) is 28.7. The summed E-state index contributed by atoms with van der Waals surface area (Å²) in [7, 11) is 0. The molecule has 3 aliphatic heterocycles. The Bertz CT molecular complexity index is 2070. The second-order valence-electron chi connectivity index (χ2n) is 13.4. The molecule has 268 valence electrons. The fraction of sp³-hybridized carbons (Fsp3) is 0.300. The maximum atomic E-state index is 14.9. The van der Waals surface area contributed by atoms with E-state index in [0.29, 0.717) is 65.9 Å². The number of benzene rings is 3. The van der Waals surface area contributed by atoms with E-state index in [1.54, 1.807) is 48.7 Å². The van der Waals surface area contributed by atoms with Gasteiger partial charge in [-0.25, -0.2) is 0 Å². The van der Waals surface area contributed by atoms with Crippen LogP contribution in [0.1, 0.15) is 50.4 Å². The van der Waals surface area contributed by atoms with E-state index in [4.69, 9.17) is 16.3 Å². The number of halogens is 2. The quantitative estimate of drug-likeness (QED) is 0.193. The summed E-state index contributed by atoms with van der Waals surface area (Å²) in [6.07, 6.45) is 4.93. The number of nitrogens with zero attached hydrogens (tertiary/aromatic N) is 6. The molecule has 2 aromatic heterocycles. The highest BCUT2D eigenvalue weighted by Gasteiger charge is 2.35. The van der Waals surface area contributed by atoms with Gasteiger partial charge in [0, 0.05) is 72.5 Å². The average Bonchev–Trinajstić information content (AvgIpc) is 3.56. The van der Waals surface area contributed by atoms with Gasteiger partial charge in [-0.15, -0.1) is 17.5 Å². The molecule has 1 fully saturated rings. The van der Waals surface area contributed by atoms with Crippen LogP contribution in [0.15, 0.2) is 91.1 Å². The Balaban J connectivity index is 0.00000420. The van der Waals surface area contributed by atoms with Gasteiger partial charge in [-0.2, -0.15) is 5.10 Å². The van der Waals surface area contributed by atoms with E-state index in [-0.39, 0.29) is 36.0 Å². The Kier molecular flexibility index (Phi) is 10.6. The predicted octanol–water partition coefficient (Wildman–Crippen LogP) is 6.94. The molecule has 0 aliphatic carbocycles. The largest absolute Gasteiger partial charge is 0.508 e. The van der Waals surface area contributed by atoms with Crippen LogP contribution in [0.2, 0.25) is 5.02 Å². The van der Waals surface area contributed by atoms with E-state index < -0.39 is 0 Å². The Labute approximate surface area is 314 Å². The molecule has 1 N–H and O–H groups in total. The molecule has 3 aromatic carbocycles. The van der Waals surface area contributed by atoms with Crippen molar-refractivity contribution >= 4 is 47.3 Å². The Morgan fingerprint density at radius 2 is 1.69 bits per heavy atom. The van der Waals surface area contributed by atoms with Gasteiger partial charge < -0.3 is 19.3 Å². The number of phenols is 1. The molecule has 0 bridgehead atoms. The van der Waals surface area contributed by atoms with Crippen LogP contribution in [-0.4, -0.2) is 80.4 Å². The third-order valence-corrected chi connectivity index (χ3v) is 10.5. The highest BCUT2D eigenvalue weighted by Crippen LogP contribution is 2.38. The lowest BCUT2D eigenvalue weighted by atomic mass is 9.92. The van der Waals surface area contributed by atoms with Crippen molar-refractivity contribution in [3.63, 3.8) is 0 Å². The Hall–Kier alpha value is -4.74. The summed E-state index contributed by atoms with van der Waals surface area (Å²) < 4.78 is 7.80.